The van der Waals surface area contributed by atoms with Crippen molar-refractivity contribution in [1.82, 2.24) is 19.1 Å². The Morgan fingerprint density at radius 2 is 1.94 bits per heavy atom. The van der Waals surface area contributed by atoms with Crippen LogP contribution in [0, 0.1) is 5.82 Å². The van der Waals surface area contributed by atoms with Gasteiger partial charge in [0, 0.05) is 38.0 Å². The smallest absolute Gasteiger partial charge is 0.408 e. The first-order chi connectivity index (χ1) is 15.8. The van der Waals surface area contributed by atoms with Crippen LogP contribution in [0.5, 0.6) is 0 Å². The van der Waals surface area contributed by atoms with E-state index in [9.17, 15) is 17.6 Å². The van der Waals surface area contributed by atoms with E-state index in [0.717, 1.165) is 30.5 Å². The van der Waals surface area contributed by atoms with Crippen LogP contribution < -0.4 is 5.76 Å². The van der Waals surface area contributed by atoms with E-state index in [0.29, 0.717) is 24.2 Å². The molecule has 0 spiro atoms. The quantitative estimate of drug-likeness (QED) is 0.375. The Morgan fingerprint density at radius 1 is 1.12 bits per heavy atom. The largest absolute Gasteiger partial charge is 0.419 e. The summed E-state index contributed by atoms with van der Waals surface area (Å²) in [7, 11) is -0.577. The summed E-state index contributed by atoms with van der Waals surface area (Å²) < 4.78 is 46.9. The maximum Gasteiger partial charge on any atom is 0.419 e. The molecule has 0 aliphatic carbocycles. The number of rotatable bonds is 9. The Kier molecular flexibility index (Phi) is 6.48. The van der Waals surface area contributed by atoms with Crippen molar-refractivity contribution in [2.45, 2.75) is 30.6 Å². The summed E-state index contributed by atoms with van der Waals surface area (Å²) in [5.41, 5.74) is 3.15. The Hall–Kier alpha value is -3.24. The van der Waals surface area contributed by atoms with Gasteiger partial charge in [0.25, 0.3) is 0 Å². The third kappa shape index (κ3) is 4.91. The molecule has 0 bridgehead atoms. The van der Waals surface area contributed by atoms with E-state index in [4.69, 9.17) is 4.42 Å². The SMILES string of the molecule is CN(CCCCCc1cc(-c2cccc(F)c2)n[nH]1)S(=O)(=O)c1ccc2c(c1)oc(=O)n2C. The van der Waals surface area contributed by atoms with Crippen LogP contribution in [0.25, 0.3) is 22.4 Å². The van der Waals surface area contributed by atoms with Crippen LogP contribution in [0.1, 0.15) is 25.0 Å². The Morgan fingerprint density at radius 3 is 2.73 bits per heavy atom. The number of nitrogens with one attached hydrogen (secondary N) is 1. The van der Waals surface area contributed by atoms with Crippen molar-refractivity contribution in [3.8, 4) is 11.3 Å². The van der Waals surface area contributed by atoms with Crippen molar-refractivity contribution in [2.75, 3.05) is 13.6 Å². The number of aromatic amines is 1. The summed E-state index contributed by atoms with van der Waals surface area (Å²) in [4.78, 5) is 11.7. The first kappa shape index (κ1) is 22.9. The number of hydrogen-bond acceptors (Lipinski definition) is 5. The van der Waals surface area contributed by atoms with Gasteiger partial charge < -0.3 is 4.42 Å². The van der Waals surface area contributed by atoms with Crippen molar-refractivity contribution in [3.63, 3.8) is 0 Å². The standard InChI is InChI=1S/C23H25FN4O4S/c1-27(33(30,31)19-10-11-21-22(15-19)32-23(29)28(21)2)12-5-3-4-9-18-14-20(26-25-18)16-7-6-8-17(24)13-16/h6-8,10-11,13-15H,3-5,9,12H2,1-2H3,(H,25,26). The zero-order valence-electron chi connectivity index (χ0n) is 18.4. The maximum atomic E-state index is 13.4. The lowest BCUT2D eigenvalue weighted by Crippen LogP contribution is -2.28. The Balaban J connectivity index is 1.29. The van der Waals surface area contributed by atoms with Gasteiger partial charge in [0.05, 0.1) is 16.1 Å². The molecule has 0 saturated carbocycles. The summed E-state index contributed by atoms with van der Waals surface area (Å²) in [6, 6.07) is 12.6. The van der Waals surface area contributed by atoms with E-state index in [1.165, 1.54) is 33.1 Å². The molecule has 4 aromatic rings. The summed E-state index contributed by atoms with van der Waals surface area (Å²) >= 11 is 0. The van der Waals surface area contributed by atoms with Gasteiger partial charge in [-0.15, -0.1) is 0 Å². The van der Waals surface area contributed by atoms with E-state index in [-0.39, 0.29) is 16.3 Å². The topological polar surface area (TPSA) is 101 Å². The second kappa shape index (κ2) is 9.32. The minimum absolute atomic E-state index is 0.0918. The van der Waals surface area contributed by atoms with Crippen LogP contribution in [-0.4, -0.2) is 41.1 Å². The number of benzene rings is 2. The molecule has 0 fully saturated rings. The molecule has 174 valence electrons. The molecule has 0 aliphatic rings. The molecular formula is C23H25FN4O4S. The van der Waals surface area contributed by atoms with Crippen LogP contribution in [0.2, 0.25) is 0 Å². The van der Waals surface area contributed by atoms with Gasteiger partial charge in [0.1, 0.15) is 5.82 Å². The molecule has 0 unspecified atom stereocenters. The van der Waals surface area contributed by atoms with Gasteiger partial charge >= 0.3 is 5.76 Å². The molecule has 0 amide bonds. The van der Waals surface area contributed by atoms with Gasteiger partial charge in [0.2, 0.25) is 10.0 Å². The molecule has 0 atom stereocenters. The van der Waals surface area contributed by atoms with Crippen LogP contribution in [-0.2, 0) is 23.5 Å². The molecule has 0 saturated heterocycles. The van der Waals surface area contributed by atoms with E-state index >= 15 is 0 Å². The van der Waals surface area contributed by atoms with Crippen LogP contribution in [0.4, 0.5) is 4.39 Å². The third-order valence-corrected chi connectivity index (χ3v) is 7.50. The average molecular weight is 473 g/mol. The van der Waals surface area contributed by atoms with Crippen LogP contribution in [0.15, 0.2) is 62.6 Å². The van der Waals surface area contributed by atoms with Gasteiger partial charge in [0.15, 0.2) is 5.58 Å². The Labute approximate surface area is 190 Å². The highest BCUT2D eigenvalue weighted by Gasteiger charge is 2.22. The number of halogens is 1. The van der Waals surface area contributed by atoms with Crippen molar-refractivity contribution < 1.29 is 17.2 Å². The van der Waals surface area contributed by atoms with Gasteiger partial charge in [-0.3, -0.25) is 9.67 Å². The zero-order valence-corrected chi connectivity index (χ0v) is 19.2. The fourth-order valence-corrected chi connectivity index (χ4v) is 4.91. The van der Waals surface area contributed by atoms with Gasteiger partial charge in [-0.1, -0.05) is 18.6 Å². The van der Waals surface area contributed by atoms with Gasteiger partial charge in [-0.05, 0) is 49.6 Å². The van der Waals surface area contributed by atoms with Gasteiger partial charge in [-0.2, -0.15) is 5.10 Å². The van der Waals surface area contributed by atoms with Crippen molar-refractivity contribution >= 4 is 21.1 Å². The monoisotopic (exact) mass is 472 g/mol. The Bertz CT molecular complexity index is 1440. The molecular weight excluding hydrogens is 447 g/mol. The normalized spacial score (nSPS) is 12.1. The molecule has 1 N–H and O–H groups in total. The van der Waals surface area contributed by atoms with Crippen molar-refractivity contribution in [3.05, 3.63) is 70.6 Å². The number of nitrogens with zero attached hydrogens (tertiary/aromatic N) is 3. The van der Waals surface area contributed by atoms with Crippen molar-refractivity contribution in [2.24, 2.45) is 7.05 Å². The predicted molar refractivity (Wildman–Crippen MR) is 123 cm³/mol. The second-order valence-corrected chi connectivity index (χ2v) is 10.0. The molecule has 4 rings (SSSR count). The number of aryl methyl sites for hydroxylation is 2. The highest BCUT2D eigenvalue weighted by atomic mass is 32.2. The number of sulfonamides is 1. The van der Waals surface area contributed by atoms with E-state index in [1.54, 1.807) is 26.2 Å². The minimum Gasteiger partial charge on any atom is -0.408 e. The number of unbranched alkanes of at least 4 members (excludes halogenated alkanes) is 2. The summed E-state index contributed by atoms with van der Waals surface area (Å²) in [5, 5.41) is 7.22. The van der Waals surface area contributed by atoms with E-state index in [2.05, 4.69) is 10.2 Å². The third-order valence-electron chi connectivity index (χ3n) is 5.64. The highest BCUT2D eigenvalue weighted by Crippen LogP contribution is 2.22. The van der Waals surface area contributed by atoms with Gasteiger partial charge in [-0.25, -0.2) is 21.9 Å². The molecule has 2 heterocycles. The number of hydrogen-bond donors (Lipinski definition) is 1. The van der Waals surface area contributed by atoms with E-state index < -0.39 is 15.8 Å². The summed E-state index contributed by atoms with van der Waals surface area (Å²) in [6.45, 7) is 0.372. The fraction of sp³-hybridized carbons (Fsp3) is 0.304. The number of oxazole rings is 1. The first-order valence-corrected chi connectivity index (χ1v) is 12.1. The molecule has 10 heteroatoms. The molecule has 0 aliphatic heterocycles. The molecule has 0 radical (unpaired) electrons. The second-order valence-electron chi connectivity index (χ2n) is 7.98. The van der Waals surface area contributed by atoms with Crippen LogP contribution >= 0.6 is 0 Å². The predicted octanol–water partition coefficient (Wildman–Crippen LogP) is 3.69. The average Bonchev–Trinajstić information content (AvgIpc) is 3.37. The zero-order chi connectivity index (χ0) is 23.6. The lowest BCUT2D eigenvalue weighted by molar-refractivity contribution is 0.451. The summed E-state index contributed by atoms with van der Waals surface area (Å²) in [5.74, 6) is -0.836. The molecule has 2 aromatic carbocycles. The minimum atomic E-state index is -3.69. The lowest BCUT2D eigenvalue weighted by atomic mass is 10.1. The number of H-pyrrole nitrogens is 1. The molecule has 8 nitrogen and oxygen atoms in total. The highest BCUT2D eigenvalue weighted by molar-refractivity contribution is 7.89. The summed E-state index contributed by atoms with van der Waals surface area (Å²) in [6.07, 6.45) is 3.16. The number of fused-ring (bicyclic) bond motifs is 1. The molecule has 33 heavy (non-hydrogen) atoms. The lowest BCUT2D eigenvalue weighted by Gasteiger charge is -2.17. The van der Waals surface area contributed by atoms with Crippen molar-refractivity contribution in [1.29, 1.82) is 0 Å². The fourth-order valence-electron chi connectivity index (χ4n) is 3.69. The van der Waals surface area contributed by atoms with E-state index in [1.807, 2.05) is 12.1 Å². The first-order valence-electron chi connectivity index (χ1n) is 10.6. The molecule has 2 aromatic heterocycles. The number of aromatic nitrogens is 3. The maximum absolute atomic E-state index is 13.4. The van der Waals surface area contributed by atoms with Crippen LogP contribution in [0.3, 0.4) is 0 Å².